The van der Waals surface area contributed by atoms with Gasteiger partial charge in [-0.3, -0.25) is 0 Å². The van der Waals surface area contributed by atoms with E-state index in [9.17, 15) is 0 Å². The fraction of sp³-hybridized carbons (Fsp3) is 0.409. The van der Waals surface area contributed by atoms with Crippen LogP contribution in [0.3, 0.4) is 0 Å². The van der Waals surface area contributed by atoms with E-state index in [1.807, 2.05) is 19.1 Å². The average Bonchev–Trinajstić information content (AvgIpc) is 3.09. The number of benzene rings is 1. The predicted octanol–water partition coefficient (Wildman–Crippen LogP) is 5.01. The molecule has 30 heavy (non-hydrogen) atoms. The molecule has 2 heterocycles. The Hall–Kier alpha value is -3.05. The standard InChI is InChI=1S/C22H26N4O3S/c1-8-26(9-2)20-18-13(3)21(23-4)30-22(18)25-17(24-20)12-14-10-15(27-5)19(29-7)16(11-14)28-6/h10-11H,8-9,12H2,1-3,5-7H3. The van der Waals surface area contributed by atoms with E-state index in [4.69, 9.17) is 30.8 Å². The van der Waals surface area contributed by atoms with E-state index >= 15 is 0 Å². The molecule has 0 fully saturated rings. The number of ether oxygens (including phenoxy) is 3. The molecule has 7 nitrogen and oxygen atoms in total. The van der Waals surface area contributed by atoms with Gasteiger partial charge in [0.1, 0.15) is 16.5 Å². The highest BCUT2D eigenvalue weighted by molar-refractivity contribution is 7.22. The van der Waals surface area contributed by atoms with E-state index in [-0.39, 0.29) is 0 Å². The molecule has 0 aliphatic carbocycles. The minimum absolute atomic E-state index is 0.505. The van der Waals surface area contributed by atoms with Crippen molar-refractivity contribution in [2.45, 2.75) is 27.2 Å². The van der Waals surface area contributed by atoms with Crippen LogP contribution in [-0.4, -0.2) is 44.4 Å². The maximum absolute atomic E-state index is 7.48. The minimum Gasteiger partial charge on any atom is -0.493 e. The molecule has 0 radical (unpaired) electrons. The lowest BCUT2D eigenvalue weighted by molar-refractivity contribution is 0.324. The third-order valence-electron chi connectivity index (χ3n) is 5.04. The zero-order valence-electron chi connectivity index (χ0n) is 18.2. The molecule has 0 amide bonds. The first-order valence-corrected chi connectivity index (χ1v) is 10.5. The highest BCUT2D eigenvalue weighted by atomic mass is 32.1. The van der Waals surface area contributed by atoms with Gasteiger partial charge in [-0.15, -0.1) is 11.3 Å². The topological polar surface area (TPSA) is 61.1 Å². The zero-order chi connectivity index (χ0) is 21.8. The van der Waals surface area contributed by atoms with E-state index in [1.165, 1.54) is 11.3 Å². The predicted molar refractivity (Wildman–Crippen MR) is 121 cm³/mol. The summed E-state index contributed by atoms with van der Waals surface area (Å²) in [6, 6.07) is 3.83. The van der Waals surface area contributed by atoms with Gasteiger partial charge in [0.25, 0.3) is 0 Å². The molecule has 0 saturated carbocycles. The lowest BCUT2D eigenvalue weighted by Gasteiger charge is -2.22. The van der Waals surface area contributed by atoms with Gasteiger partial charge >= 0.3 is 0 Å². The molecule has 0 spiro atoms. The molecule has 8 heteroatoms. The second-order valence-corrected chi connectivity index (χ2v) is 7.65. The molecular formula is C22H26N4O3S. The quantitative estimate of drug-likeness (QED) is 0.472. The van der Waals surface area contributed by atoms with E-state index in [0.29, 0.717) is 34.5 Å². The zero-order valence-corrected chi connectivity index (χ0v) is 19.0. The first-order valence-electron chi connectivity index (χ1n) is 9.72. The highest BCUT2D eigenvalue weighted by Crippen LogP contribution is 2.41. The Bertz CT molecular complexity index is 1070. The number of nitrogens with zero attached hydrogens (tertiary/aromatic N) is 4. The molecule has 0 aliphatic rings. The molecule has 1 aromatic carbocycles. The number of hydrogen-bond acceptors (Lipinski definition) is 7. The number of rotatable bonds is 8. The van der Waals surface area contributed by atoms with Crippen LogP contribution in [-0.2, 0) is 6.42 Å². The van der Waals surface area contributed by atoms with Gasteiger partial charge < -0.3 is 19.1 Å². The molecule has 158 valence electrons. The Balaban J connectivity index is 2.14. The number of aryl methyl sites for hydroxylation is 1. The van der Waals surface area contributed by atoms with Crippen molar-refractivity contribution in [1.29, 1.82) is 0 Å². The SMILES string of the molecule is [C-]#[N+]c1sc2nc(Cc3cc(OC)c(OC)c(OC)c3)nc(N(CC)CC)c2c1C. The first-order chi connectivity index (χ1) is 14.5. The number of anilines is 1. The van der Waals surface area contributed by atoms with Crippen molar-refractivity contribution in [2.24, 2.45) is 0 Å². The van der Waals surface area contributed by atoms with Gasteiger partial charge in [-0.1, -0.05) is 0 Å². The number of aromatic nitrogens is 2. The van der Waals surface area contributed by atoms with Crippen LogP contribution in [0.15, 0.2) is 12.1 Å². The summed E-state index contributed by atoms with van der Waals surface area (Å²) in [6.07, 6.45) is 0.505. The first kappa shape index (κ1) is 21.7. The Morgan fingerprint density at radius 3 is 2.17 bits per heavy atom. The average molecular weight is 427 g/mol. The summed E-state index contributed by atoms with van der Waals surface area (Å²) in [6.45, 7) is 15.3. The fourth-order valence-corrected chi connectivity index (χ4v) is 4.49. The second kappa shape index (κ2) is 9.18. The van der Waals surface area contributed by atoms with E-state index in [0.717, 1.165) is 40.3 Å². The van der Waals surface area contributed by atoms with Crippen LogP contribution in [0.2, 0.25) is 0 Å². The molecule has 2 aromatic heterocycles. The van der Waals surface area contributed by atoms with Crippen LogP contribution in [0.1, 0.15) is 30.8 Å². The van der Waals surface area contributed by atoms with Crippen molar-refractivity contribution < 1.29 is 14.2 Å². The Kier molecular flexibility index (Phi) is 6.63. The van der Waals surface area contributed by atoms with Crippen molar-refractivity contribution >= 4 is 32.4 Å². The molecule has 0 aliphatic heterocycles. The molecule has 0 N–H and O–H groups in total. The largest absolute Gasteiger partial charge is 0.493 e. The van der Waals surface area contributed by atoms with Crippen LogP contribution in [0.4, 0.5) is 10.8 Å². The number of methoxy groups -OCH3 is 3. The van der Waals surface area contributed by atoms with Gasteiger partial charge in [0.05, 0.1) is 27.9 Å². The lowest BCUT2D eigenvalue weighted by Crippen LogP contribution is -2.24. The minimum atomic E-state index is 0.505. The summed E-state index contributed by atoms with van der Waals surface area (Å²) in [5, 5.41) is 1.64. The second-order valence-electron chi connectivity index (χ2n) is 6.67. The third kappa shape index (κ3) is 3.85. The summed E-state index contributed by atoms with van der Waals surface area (Å²) in [4.78, 5) is 16.4. The maximum atomic E-state index is 7.48. The summed E-state index contributed by atoms with van der Waals surface area (Å²) in [5.41, 5.74) is 1.90. The van der Waals surface area contributed by atoms with Gasteiger partial charge in [0.15, 0.2) is 11.5 Å². The molecule has 0 atom stereocenters. The van der Waals surface area contributed by atoms with Gasteiger partial charge in [-0.25, -0.2) is 14.8 Å². The highest BCUT2D eigenvalue weighted by Gasteiger charge is 2.20. The summed E-state index contributed by atoms with van der Waals surface area (Å²) < 4.78 is 16.4. The fourth-order valence-electron chi connectivity index (χ4n) is 3.51. The van der Waals surface area contributed by atoms with Gasteiger partial charge in [-0.05, 0) is 44.0 Å². The molecule has 0 unspecified atom stereocenters. The normalized spacial score (nSPS) is 10.7. The van der Waals surface area contributed by atoms with Crippen LogP contribution < -0.4 is 19.1 Å². The van der Waals surface area contributed by atoms with Crippen molar-refractivity contribution in [3.63, 3.8) is 0 Å². The van der Waals surface area contributed by atoms with Crippen LogP contribution in [0.25, 0.3) is 15.1 Å². The van der Waals surface area contributed by atoms with Crippen molar-refractivity contribution in [3.05, 3.63) is 40.5 Å². The monoisotopic (exact) mass is 426 g/mol. The number of thiophene rings is 1. The van der Waals surface area contributed by atoms with E-state index < -0.39 is 0 Å². The smallest absolute Gasteiger partial charge is 0.246 e. The van der Waals surface area contributed by atoms with Crippen molar-refractivity contribution in [2.75, 3.05) is 39.3 Å². The molecule has 3 aromatic rings. The molecular weight excluding hydrogens is 400 g/mol. The number of fused-ring (bicyclic) bond motifs is 1. The summed E-state index contributed by atoms with van der Waals surface area (Å²) >= 11 is 1.42. The molecule has 0 saturated heterocycles. The van der Waals surface area contributed by atoms with Crippen LogP contribution >= 0.6 is 11.3 Å². The Labute approximate surface area is 181 Å². The van der Waals surface area contributed by atoms with Gasteiger partial charge in [0, 0.05) is 24.9 Å². The lowest BCUT2D eigenvalue weighted by atomic mass is 10.1. The van der Waals surface area contributed by atoms with E-state index in [1.54, 1.807) is 21.3 Å². The van der Waals surface area contributed by atoms with Crippen molar-refractivity contribution in [1.82, 2.24) is 9.97 Å². The third-order valence-corrected chi connectivity index (χ3v) is 6.12. The molecule has 0 bridgehead atoms. The summed E-state index contributed by atoms with van der Waals surface area (Å²) in [7, 11) is 4.78. The maximum Gasteiger partial charge on any atom is 0.246 e. The Morgan fingerprint density at radius 1 is 1.03 bits per heavy atom. The van der Waals surface area contributed by atoms with Crippen LogP contribution in [0, 0.1) is 13.5 Å². The summed E-state index contributed by atoms with van der Waals surface area (Å²) in [5.74, 6) is 3.32. The van der Waals surface area contributed by atoms with Gasteiger partial charge in [0.2, 0.25) is 10.8 Å². The van der Waals surface area contributed by atoms with Crippen molar-refractivity contribution in [3.8, 4) is 17.2 Å². The van der Waals surface area contributed by atoms with E-state index in [2.05, 4.69) is 23.6 Å². The van der Waals surface area contributed by atoms with Gasteiger partial charge in [-0.2, -0.15) is 0 Å². The molecule has 3 rings (SSSR count). The number of hydrogen-bond donors (Lipinski definition) is 0. The Morgan fingerprint density at radius 2 is 1.67 bits per heavy atom. The van der Waals surface area contributed by atoms with Crippen LogP contribution in [0.5, 0.6) is 17.2 Å².